The van der Waals surface area contributed by atoms with Gasteiger partial charge in [-0.1, -0.05) is 0 Å². The molecule has 0 fully saturated rings. The monoisotopic (exact) mass is 260 g/mol. The average Bonchev–Trinajstić information content (AvgIpc) is 2.78. The van der Waals surface area contributed by atoms with E-state index < -0.39 is 11.9 Å². The van der Waals surface area contributed by atoms with E-state index in [4.69, 9.17) is 11.6 Å². The highest BCUT2D eigenvalue weighted by Gasteiger charge is 2.19. The van der Waals surface area contributed by atoms with E-state index in [9.17, 15) is 9.59 Å². The maximum Gasteiger partial charge on any atom is 0.358 e. The van der Waals surface area contributed by atoms with Crippen molar-refractivity contribution in [1.29, 1.82) is 0 Å². The minimum absolute atomic E-state index is 0.0717. The van der Waals surface area contributed by atoms with Crippen molar-refractivity contribution >= 4 is 23.5 Å². The molecule has 6 nitrogen and oxygen atoms in total. The normalized spacial score (nSPS) is 10.1. The summed E-state index contributed by atoms with van der Waals surface area (Å²) >= 11 is 5.56. The average molecular weight is 261 g/mol. The molecule has 0 aliphatic heterocycles. The van der Waals surface area contributed by atoms with Gasteiger partial charge in [-0.2, -0.15) is 5.10 Å². The van der Waals surface area contributed by atoms with E-state index in [2.05, 4.69) is 14.6 Å². The summed E-state index contributed by atoms with van der Waals surface area (Å²) in [6, 6.07) is 1.34. The van der Waals surface area contributed by atoms with Crippen LogP contribution in [0.1, 0.15) is 27.4 Å². The molecule has 0 unspecified atom stereocenters. The van der Waals surface area contributed by atoms with Gasteiger partial charge in [0.05, 0.1) is 14.2 Å². The number of aromatic nitrogens is 2. The second-order valence-electron chi connectivity index (χ2n) is 3.16. The minimum atomic E-state index is -0.597. The van der Waals surface area contributed by atoms with Gasteiger partial charge in [0, 0.05) is 18.5 Å². The zero-order valence-corrected chi connectivity index (χ0v) is 10.4. The molecule has 94 valence electrons. The Morgan fingerprint density at radius 2 is 2.00 bits per heavy atom. The Morgan fingerprint density at radius 1 is 1.35 bits per heavy atom. The molecule has 0 spiro atoms. The summed E-state index contributed by atoms with van der Waals surface area (Å²) in [5.41, 5.74) is 0.278. The number of hydrogen-bond acceptors (Lipinski definition) is 5. The fraction of sp³-hybridized carbons (Fsp3) is 0.500. The Bertz CT molecular complexity index is 416. The van der Waals surface area contributed by atoms with Gasteiger partial charge in [0.15, 0.2) is 5.69 Å². The molecule has 0 N–H and O–H groups in total. The molecule has 0 aromatic carbocycles. The van der Waals surface area contributed by atoms with Gasteiger partial charge in [-0.15, -0.1) is 11.6 Å². The van der Waals surface area contributed by atoms with Gasteiger partial charge in [-0.3, -0.25) is 4.68 Å². The Labute approximate surface area is 103 Å². The Hall–Kier alpha value is -1.56. The van der Waals surface area contributed by atoms with Crippen LogP contribution in [-0.2, 0) is 16.0 Å². The molecule has 0 saturated heterocycles. The van der Waals surface area contributed by atoms with E-state index in [0.29, 0.717) is 18.8 Å². The van der Waals surface area contributed by atoms with Crippen LogP contribution in [0.3, 0.4) is 0 Å². The number of carbonyl (C=O) groups excluding carboxylic acids is 2. The number of rotatable bonds is 5. The predicted molar refractivity (Wildman–Crippen MR) is 60.2 cm³/mol. The summed E-state index contributed by atoms with van der Waals surface area (Å²) in [4.78, 5) is 22.7. The number of hydrogen-bond donors (Lipinski definition) is 0. The van der Waals surface area contributed by atoms with Crippen LogP contribution in [0.25, 0.3) is 0 Å². The van der Waals surface area contributed by atoms with Gasteiger partial charge >= 0.3 is 11.9 Å². The van der Waals surface area contributed by atoms with Crippen LogP contribution in [0.4, 0.5) is 0 Å². The highest BCUT2D eigenvalue weighted by atomic mass is 35.5. The first kappa shape index (κ1) is 13.5. The van der Waals surface area contributed by atoms with Crippen molar-refractivity contribution in [2.75, 3.05) is 20.1 Å². The second-order valence-corrected chi connectivity index (χ2v) is 3.54. The van der Waals surface area contributed by atoms with E-state index >= 15 is 0 Å². The first-order valence-corrected chi connectivity index (χ1v) is 5.48. The number of alkyl halides is 1. The summed E-state index contributed by atoms with van der Waals surface area (Å²) < 4.78 is 10.5. The highest BCUT2D eigenvalue weighted by Crippen LogP contribution is 2.08. The molecule has 1 heterocycles. The number of carbonyl (C=O) groups is 2. The van der Waals surface area contributed by atoms with Crippen molar-refractivity contribution < 1.29 is 19.1 Å². The van der Waals surface area contributed by atoms with Gasteiger partial charge in [0.1, 0.15) is 5.69 Å². The zero-order valence-electron chi connectivity index (χ0n) is 9.60. The molecule has 7 heteroatoms. The predicted octanol–water partition coefficient (Wildman–Crippen LogP) is 1.09. The molecule has 0 atom stereocenters. The van der Waals surface area contributed by atoms with Crippen molar-refractivity contribution in [3.05, 3.63) is 17.5 Å². The van der Waals surface area contributed by atoms with Gasteiger partial charge in [0.25, 0.3) is 0 Å². The molecule has 0 bridgehead atoms. The van der Waals surface area contributed by atoms with E-state index in [1.165, 1.54) is 25.0 Å². The van der Waals surface area contributed by atoms with Crippen LogP contribution >= 0.6 is 11.6 Å². The van der Waals surface area contributed by atoms with Crippen molar-refractivity contribution in [3.8, 4) is 0 Å². The Morgan fingerprint density at radius 3 is 2.53 bits per heavy atom. The maximum absolute atomic E-state index is 11.5. The SMILES string of the molecule is COC(=O)c1cc(C(=O)OC)n(CCCCl)n1. The molecule has 1 aromatic rings. The Kier molecular flexibility index (Phi) is 4.96. The number of methoxy groups -OCH3 is 2. The van der Waals surface area contributed by atoms with Crippen LogP contribution in [0.15, 0.2) is 6.07 Å². The third kappa shape index (κ3) is 3.20. The van der Waals surface area contributed by atoms with Crippen LogP contribution in [0.5, 0.6) is 0 Å². The fourth-order valence-corrected chi connectivity index (χ4v) is 1.39. The van der Waals surface area contributed by atoms with Crippen LogP contribution in [0, 0.1) is 0 Å². The van der Waals surface area contributed by atoms with Gasteiger partial charge in [-0.05, 0) is 6.42 Å². The standard InChI is InChI=1S/C10H13ClN2O4/c1-16-9(14)7-6-8(10(15)17-2)13(12-7)5-3-4-11/h6H,3-5H2,1-2H3. The molecule has 0 amide bonds. The molecular weight excluding hydrogens is 248 g/mol. The summed E-state index contributed by atoms with van der Waals surface area (Å²) in [6.45, 7) is 0.435. The molecule has 17 heavy (non-hydrogen) atoms. The number of aryl methyl sites for hydroxylation is 1. The van der Waals surface area contributed by atoms with Crippen molar-refractivity contribution in [1.82, 2.24) is 9.78 Å². The first-order valence-electron chi connectivity index (χ1n) is 4.94. The highest BCUT2D eigenvalue weighted by molar-refractivity contribution is 6.17. The maximum atomic E-state index is 11.5. The second kappa shape index (κ2) is 6.24. The first-order chi connectivity index (χ1) is 8.13. The summed E-state index contributed by atoms with van der Waals surface area (Å²) in [5, 5.41) is 3.97. The van der Waals surface area contributed by atoms with Gasteiger partial charge in [-0.25, -0.2) is 9.59 Å². The van der Waals surface area contributed by atoms with E-state index in [1.54, 1.807) is 0 Å². The van der Waals surface area contributed by atoms with Gasteiger partial charge in [0.2, 0.25) is 0 Å². The number of nitrogens with zero attached hydrogens (tertiary/aromatic N) is 2. The van der Waals surface area contributed by atoms with Crippen LogP contribution in [0.2, 0.25) is 0 Å². The largest absolute Gasteiger partial charge is 0.464 e. The third-order valence-corrected chi connectivity index (χ3v) is 2.34. The Balaban J connectivity index is 3.02. The smallest absolute Gasteiger partial charge is 0.358 e. The van der Waals surface area contributed by atoms with Crippen LogP contribution in [-0.4, -0.2) is 41.8 Å². The number of halogens is 1. The minimum Gasteiger partial charge on any atom is -0.464 e. The lowest BCUT2D eigenvalue weighted by molar-refractivity contribution is 0.0581. The third-order valence-electron chi connectivity index (χ3n) is 2.07. The fourth-order valence-electron chi connectivity index (χ4n) is 1.27. The topological polar surface area (TPSA) is 70.4 Å². The summed E-state index contributed by atoms with van der Waals surface area (Å²) in [7, 11) is 2.51. The molecule has 0 saturated carbocycles. The quantitative estimate of drug-likeness (QED) is 0.585. The zero-order chi connectivity index (χ0) is 12.8. The van der Waals surface area contributed by atoms with E-state index in [-0.39, 0.29) is 11.4 Å². The van der Waals surface area contributed by atoms with Gasteiger partial charge < -0.3 is 9.47 Å². The molecule has 1 rings (SSSR count). The molecule has 1 aromatic heterocycles. The number of ether oxygens (including phenoxy) is 2. The van der Waals surface area contributed by atoms with Crippen molar-refractivity contribution in [2.24, 2.45) is 0 Å². The molecule has 0 radical (unpaired) electrons. The molecule has 0 aliphatic carbocycles. The lowest BCUT2D eigenvalue weighted by atomic mass is 10.3. The van der Waals surface area contributed by atoms with Crippen molar-refractivity contribution in [3.63, 3.8) is 0 Å². The van der Waals surface area contributed by atoms with Crippen LogP contribution < -0.4 is 0 Å². The number of esters is 2. The van der Waals surface area contributed by atoms with E-state index in [0.717, 1.165) is 0 Å². The summed E-state index contributed by atoms with van der Waals surface area (Å²) in [5.74, 6) is -0.712. The lowest BCUT2D eigenvalue weighted by Gasteiger charge is -2.03. The molecular formula is C10H13ClN2O4. The summed E-state index contributed by atoms with van der Waals surface area (Å²) in [6.07, 6.45) is 0.633. The van der Waals surface area contributed by atoms with Crippen molar-refractivity contribution in [2.45, 2.75) is 13.0 Å². The lowest BCUT2D eigenvalue weighted by Crippen LogP contribution is -2.12. The molecule has 0 aliphatic rings. The van der Waals surface area contributed by atoms with E-state index in [1.807, 2.05) is 0 Å².